The molecule has 5 nitrogen and oxygen atoms in total. The molecule has 3 rings (SSSR count). The summed E-state index contributed by atoms with van der Waals surface area (Å²) in [6.45, 7) is 2.80. The van der Waals surface area contributed by atoms with Gasteiger partial charge in [0.05, 0.1) is 0 Å². The zero-order valence-corrected chi connectivity index (χ0v) is 18.9. The van der Waals surface area contributed by atoms with E-state index in [0.717, 1.165) is 38.2 Å². The first kappa shape index (κ1) is 29.4. The fraction of sp³-hybridized carbons (Fsp3) is 0.421. The minimum Gasteiger partial charge on any atom is -0.384 e. The monoisotopic (exact) mass is 469 g/mol. The fourth-order valence-electron chi connectivity index (χ4n) is 3.36. The summed E-state index contributed by atoms with van der Waals surface area (Å²) < 4.78 is 0. The molecule has 2 aromatic rings. The van der Waals surface area contributed by atoms with Crippen molar-refractivity contribution < 1.29 is 0 Å². The molecule has 1 saturated heterocycles. The Labute approximate surface area is 192 Å². The Hall–Kier alpha value is -0.790. The number of nitrogens with two attached hydrogens (primary N) is 2. The standard InChI is InChI=1S/C19H27N5.4ClH/c20-16(9-14-5-2-1-3-6-14)12-23-18-13-22-11-15(18)10-17-7-4-8-19(21)24-17;;;;/h1-8,15-16,18,22-23H,9-13,20H2,(H2,21,24);4*1H/t15-,16+,18-;;;;/m0..../s1. The maximum absolute atomic E-state index is 6.29. The highest BCUT2D eigenvalue weighted by Crippen LogP contribution is 2.16. The molecule has 9 heteroatoms. The first-order valence-electron chi connectivity index (χ1n) is 8.65. The molecule has 0 bridgehead atoms. The van der Waals surface area contributed by atoms with Gasteiger partial charge >= 0.3 is 0 Å². The predicted octanol–water partition coefficient (Wildman–Crippen LogP) is 2.64. The van der Waals surface area contributed by atoms with Crippen molar-refractivity contribution in [3.63, 3.8) is 0 Å². The molecule has 0 spiro atoms. The van der Waals surface area contributed by atoms with Gasteiger partial charge in [-0.2, -0.15) is 0 Å². The lowest BCUT2D eigenvalue weighted by molar-refractivity contribution is 0.406. The number of hydrogen-bond acceptors (Lipinski definition) is 5. The molecule has 1 fully saturated rings. The zero-order valence-electron chi connectivity index (χ0n) is 15.6. The second-order valence-electron chi connectivity index (χ2n) is 6.64. The average molecular weight is 471 g/mol. The number of nitrogen functional groups attached to an aromatic ring is 1. The topological polar surface area (TPSA) is 89.0 Å². The molecule has 0 unspecified atom stereocenters. The van der Waals surface area contributed by atoms with Crippen molar-refractivity contribution in [2.45, 2.75) is 24.9 Å². The van der Waals surface area contributed by atoms with Crippen molar-refractivity contribution in [3.8, 4) is 0 Å². The highest BCUT2D eigenvalue weighted by atomic mass is 35.5. The van der Waals surface area contributed by atoms with E-state index in [1.807, 2.05) is 24.3 Å². The molecule has 3 atom stereocenters. The van der Waals surface area contributed by atoms with Crippen molar-refractivity contribution >= 4 is 55.4 Å². The quantitative estimate of drug-likeness (QED) is 0.499. The predicted molar refractivity (Wildman–Crippen MR) is 128 cm³/mol. The Morgan fingerprint density at radius 3 is 2.39 bits per heavy atom. The lowest BCUT2D eigenvalue weighted by atomic mass is 9.97. The van der Waals surface area contributed by atoms with E-state index >= 15 is 0 Å². The minimum atomic E-state index is 0. The van der Waals surface area contributed by atoms with Crippen LogP contribution >= 0.6 is 49.6 Å². The van der Waals surface area contributed by atoms with Crippen molar-refractivity contribution in [2.75, 3.05) is 25.4 Å². The van der Waals surface area contributed by atoms with Crippen LogP contribution in [0, 0.1) is 5.92 Å². The van der Waals surface area contributed by atoms with Crippen LogP contribution in [0.15, 0.2) is 48.5 Å². The van der Waals surface area contributed by atoms with Gasteiger partial charge in [0.15, 0.2) is 0 Å². The number of halogens is 4. The van der Waals surface area contributed by atoms with Crippen LogP contribution in [0.2, 0.25) is 0 Å². The minimum absolute atomic E-state index is 0. The van der Waals surface area contributed by atoms with Crippen LogP contribution in [0.25, 0.3) is 0 Å². The summed E-state index contributed by atoms with van der Waals surface area (Å²) in [5, 5.41) is 7.11. The van der Waals surface area contributed by atoms with Crippen molar-refractivity contribution in [3.05, 3.63) is 59.8 Å². The second kappa shape index (κ2) is 15.1. The van der Waals surface area contributed by atoms with Gasteiger partial charge in [-0.3, -0.25) is 0 Å². The Kier molecular flexibility index (Phi) is 15.9. The van der Waals surface area contributed by atoms with Gasteiger partial charge in [0.25, 0.3) is 0 Å². The SMILES string of the molecule is Cl.Cl.Cl.Cl.Nc1cccc(C[C@H]2CNC[C@@H]2NC[C@H](N)Cc2ccccc2)n1. The third-order valence-electron chi connectivity index (χ3n) is 4.62. The van der Waals surface area contributed by atoms with Gasteiger partial charge in [0, 0.05) is 30.9 Å². The van der Waals surface area contributed by atoms with E-state index in [2.05, 4.69) is 39.9 Å². The Morgan fingerprint density at radius 1 is 1.00 bits per heavy atom. The summed E-state index contributed by atoms with van der Waals surface area (Å²) in [4.78, 5) is 4.42. The summed E-state index contributed by atoms with van der Waals surface area (Å²) in [7, 11) is 0. The second-order valence-corrected chi connectivity index (χ2v) is 6.64. The van der Waals surface area contributed by atoms with Gasteiger partial charge in [0.1, 0.15) is 5.82 Å². The fourth-order valence-corrected chi connectivity index (χ4v) is 3.36. The molecule has 0 aliphatic carbocycles. The first-order valence-corrected chi connectivity index (χ1v) is 8.65. The largest absolute Gasteiger partial charge is 0.384 e. The molecule has 1 aromatic carbocycles. The van der Waals surface area contributed by atoms with E-state index in [0.29, 0.717) is 17.8 Å². The average Bonchev–Trinajstić information content (AvgIpc) is 3.01. The number of nitrogens with zero attached hydrogens (tertiary/aromatic N) is 1. The molecule has 1 aromatic heterocycles. The molecule has 6 N–H and O–H groups in total. The van der Waals surface area contributed by atoms with Crippen LogP contribution in [0.5, 0.6) is 0 Å². The maximum Gasteiger partial charge on any atom is 0.123 e. The lowest BCUT2D eigenvalue weighted by Gasteiger charge is -2.22. The zero-order chi connectivity index (χ0) is 16.8. The summed E-state index contributed by atoms with van der Waals surface area (Å²) in [6, 6.07) is 16.8. The number of rotatable bonds is 7. The van der Waals surface area contributed by atoms with Gasteiger partial charge in [-0.15, -0.1) is 49.6 Å². The van der Waals surface area contributed by atoms with Crippen molar-refractivity contribution in [2.24, 2.45) is 11.7 Å². The number of aromatic nitrogens is 1. The van der Waals surface area contributed by atoms with E-state index in [1.165, 1.54) is 5.56 Å². The Balaban J connectivity index is 0. The van der Waals surface area contributed by atoms with Crippen LogP contribution in [0.1, 0.15) is 11.3 Å². The molecular weight excluding hydrogens is 440 g/mol. The van der Waals surface area contributed by atoms with Crippen molar-refractivity contribution in [1.29, 1.82) is 0 Å². The normalized spacial score (nSPS) is 18.6. The Morgan fingerprint density at radius 2 is 1.71 bits per heavy atom. The molecular formula is C19H31Cl4N5. The third kappa shape index (κ3) is 9.14. The first-order chi connectivity index (χ1) is 11.7. The highest BCUT2D eigenvalue weighted by Gasteiger charge is 2.27. The van der Waals surface area contributed by atoms with E-state index in [4.69, 9.17) is 11.5 Å². The van der Waals surface area contributed by atoms with Crippen LogP contribution in [-0.2, 0) is 12.8 Å². The van der Waals surface area contributed by atoms with Crippen LogP contribution in [0.3, 0.4) is 0 Å². The third-order valence-corrected chi connectivity index (χ3v) is 4.62. The molecule has 0 saturated carbocycles. The molecule has 0 radical (unpaired) electrons. The maximum atomic E-state index is 6.29. The summed E-state index contributed by atoms with van der Waals surface area (Å²) in [5.74, 6) is 1.11. The van der Waals surface area contributed by atoms with E-state index < -0.39 is 0 Å². The molecule has 1 aliphatic heterocycles. The van der Waals surface area contributed by atoms with Gasteiger partial charge in [-0.1, -0.05) is 36.4 Å². The summed E-state index contributed by atoms with van der Waals surface area (Å²) in [5.41, 5.74) is 14.4. The number of pyridine rings is 1. The smallest absolute Gasteiger partial charge is 0.123 e. The van der Waals surface area contributed by atoms with Crippen molar-refractivity contribution in [1.82, 2.24) is 15.6 Å². The number of hydrogen-bond donors (Lipinski definition) is 4. The molecule has 1 aliphatic rings. The number of anilines is 1. The number of nitrogens with one attached hydrogen (secondary N) is 2. The van der Waals surface area contributed by atoms with Crippen LogP contribution in [-0.4, -0.2) is 36.7 Å². The summed E-state index contributed by atoms with van der Waals surface area (Å²) in [6.07, 6.45) is 1.83. The number of benzene rings is 1. The summed E-state index contributed by atoms with van der Waals surface area (Å²) >= 11 is 0. The van der Waals surface area contributed by atoms with Gasteiger partial charge < -0.3 is 22.1 Å². The van der Waals surface area contributed by atoms with E-state index in [9.17, 15) is 0 Å². The van der Waals surface area contributed by atoms with Gasteiger partial charge in [0.2, 0.25) is 0 Å². The van der Waals surface area contributed by atoms with Gasteiger partial charge in [-0.25, -0.2) is 4.98 Å². The molecule has 28 heavy (non-hydrogen) atoms. The van der Waals surface area contributed by atoms with Crippen LogP contribution in [0.4, 0.5) is 5.82 Å². The molecule has 2 heterocycles. The lowest BCUT2D eigenvalue weighted by Crippen LogP contribution is -2.44. The Bertz CT molecular complexity index is 647. The molecule has 160 valence electrons. The van der Waals surface area contributed by atoms with Gasteiger partial charge in [-0.05, 0) is 43.0 Å². The van der Waals surface area contributed by atoms with E-state index in [1.54, 1.807) is 0 Å². The van der Waals surface area contributed by atoms with E-state index in [-0.39, 0.29) is 55.7 Å². The highest BCUT2D eigenvalue weighted by molar-refractivity contribution is 5.86. The van der Waals surface area contributed by atoms with Crippen LogP contribution < -0.4 is 22.1 Å². The molecule has 0 amide bonds.